The fourth-order valence-electron chi connectivity index (χ4n) is 1.05. The average molecular weight is 261 g/mol. The highest BCUT2D eigenvalue weighted by atomic mass is 32.2. The minimum Gasteiger partial charge on any atom is -0.497 e. The molecule has 0 aliphatic carbocycles. The number of nitrogens with zero attached hydrogens (tertiary/aromatic N) is 1. The SMILES string of the molecule is COc1ccc(C(CF)=NOS(C)(=O)=O)cc1. The van der Waals surface area contributed by atoms with Gasteiger partial charge >= 0.3 is 10.1 Å². The minimum atomic E-state index is -3.73. The summed E-state index contributed by atoms with van der Waals surface area (Å²) in [4.78, 5) is 0. The average Bonchev–Trinajstić information content (AvgIpc) is 2.29. The van der Waals surface area contributed by atoms with Crippen LogP contribution in [0.15, 0.2) is 29.4 Å². The molecule has 5 nitrogen and oxygen atoms in total. The molecule has 0 fully saturated rings. The van der Waals surface area contributed by atoms with Crippen LogP contribution in [0, 0.1) is 0 Å². The van der Waals surface area contributed by atoms with Gasteiger partial charge in [-0.1, -0.05) is 5.16 Å². The lowest BCUT2D eigenvalue weighted by atomic mass is 10.1. The second-order valence-corrected chi connectivity index (χ2v) is 4.74. The number of benzene rings is 1. The van der Waals surface area contributed by atoms with Crippen molar-refractivity contribution in [2.45, 2.75) is 0 Å². The standard InChI is InChI=1S/C10H12FNO4S/c1-15-9-5-3-8(4-6-9)10(7-11)12-16-17(2,13)14/h3-6H,7H2,1-2H3. The van der Waals surface area contributed by atoms with Crippen LogP contribution in [0.1, 0.15) is 5.56 Å². The second kappa shape index (κ2) is 5.62. The molecule has 1 rings (SSSR count). The number of hydrogen-bond acceptors (Lipinski definition) is 5. The van der Waals surface area contributed by atoms with E-state index in [4.69, 9.17) is 4.74 Å². The van der Waals surface area contributed by atoms with E-state index in [0.29, 0.717) is 11.3 Å². The summed E-state index contributed by atoms with van der Waals surface area (Å²) < 4.78 is 43.2. The molecular weight excluding hydrogens is 249 g/mol. The molecule has 0 unspecified atom stereocenters. The zero-order valence-electron chi connectivity index (χ0n) is 9.38. The maximum atomic E-state index is 12.7. The van der Waals surface area contributed by atoms with Gasteiger partial charge in [0.1, 0.15) is 18.1 Å². The Morgan fingerprint density at radius 3 is 2.35 bits per heavy atom. The second-order valence-electron chi connectivity index (χ2n) is 3.18. The molecule has 0 spiro atoms. The first-order valence-corrected chi connectivity index (χ1v) is 6.44. The Bertz CT molecular complexity index is 496. The molecule has 17 heavy (non-hydrogen) atoms. The number of alkyl halides is 1. The van der Waals surface area contributed by atoms with Gasteiger partial charge in [-0.25, -0.2) is 4.39 Å². The van der Waals surface area contributed by atoms with Crippen molar-refractivity contribution in [2.24, 2.45) is 5.16 Å². The van der Waals surface area contributed by atoms with Crippen LogP contribution < -0.4 is 4.74 Å². The van der Waals surface area contributed by atoms with E-state index < -0.39 is 16.8 Å². The molecule has 0 atom stereocenters. The summed E-state index contributed by atoms with van der Waals surface area (Å²) in [5.74, 6) is 0.607. The Kier molecular flexibility index (Phi) is 4.45. The molecule has 0 bridgehead atoms. The molecule has 94 valence electrons. The molecule has 0 amide bonds. The third-order valence-electron chi connectivity index (χ3n) is 1.83. The van der Waals surface area contributed by atoms with Crippen molar-refractivity contribution in [1.29, 1.82) is 0 Å². The topological polar surface area (TPSA) is 65.0 Å². The van der Waals surface area contributed by atoms with Crippen LogP contribution in [0.2, 0.25) is 0 Å². The Hall–Kier alpha value is -1.63. The lowest BCUT2D eigenvalue weighted by Gasteiger charge is -2.03. The zero-order chi connectivity index (χ0) is 12.9. The summed E-state index contributed by atoms with van der Waals surface area (Å²) in [5, 5.41) is 3.25. The van der Waals surface area contributed by atoms with Gasteiger partial charge in [-0.15, -0.1) is 0 Å². The third kappa shape index (κ3) is 4.39. The van der Waals surface area contributed by atoms with Crippen LogP contribution in [0.4, 0.5) is 4.39 Å². The number of methoxy groups -OCH3 is 1. The molecule has 0 aromatic heterocycles. The highest BCUT2D eigenvalue weighted by Crippen LogP contribution is 2.12. The summed E-state index contributed by atoms with van der Waals surface area (Å²) in [6, 6.07) is 6.34. The molecule has 0 N–H and O–H groups in total. The third-order valence-corrected chi connectivity index (χ3v) is 2.18. The minimum absolute atomic E-state index is 0.0990. The van der Waals surface area contributed by atoms with Crippen molar-refractivity contribution in [3.8, 4) is 5.75 Å². The maximum Gasteiger partial charge on any atom is 0.325 e. The molecule has 7 heteroatoms. The van der Waals surface area contributed by atoms with E-state index >= 15 is 0 Å². The number of hydrogen-bond donors (Lipinski definition) is 0. The van der Waals surface area contributed by atoms with Crippen LogP contribution in [-0.2, 0) is 14.4 Å². The van der Waals surface area contributed by atoms with Crippen molar-refractivity contribution in [1.82, 2.24) is 0 Å². The van der Waals surface area contributed by atoms with Gasteiger partial charge in [0.25, 0.3) is 0 Å². The van der Waals surface area contributed by atoms with Crippen molar-refractivity contribution in [2.75, 3.05) is 20.0 Å². The van der Waals surface area contributed by atoms with Crippen LogP contribution in [0.5, 0.6) is 5.75 Å². The fraction of sp³-hybridized carbons (Fsp3) is 0.300. The first kappa shape index (κ1) is 13.4. The summed E-state index contributed by atoms with van der Waals surface area (Å²) in [6.07, 6.45) is 0.834. The molecule has 1 aromatic carbocycles. The van der Waals surface area contributed by atoms with Gasteiger partial charge in [-0.3, -0.25) is 4.28 Å². The highest BCUT2D eigenvalue weighted by Gasteiger charge is 2.07. The molecule has 0 heterocycles. The quantitative estimate of drug-likeness (QED) is 0.592. The van der Waals surface area contributed by atoms with Gasteiger partial charge < -0.3 is 4.74 Å². The van der Waals surface area contributed by atoms with E-state index in [0.717, 1.165) is 6.26 Å². The molecule has 0 saturated carbocycles. The van der Waals surface area contributed by atoms with Crippen molar-refractivity contribution < 1.29 is 21.8 Å². The Morgan fingerprint density at radius 1 is 1.35 bits per heavy atom. The van der Waals surface area contributed by atoms with Crippen molar-refractivity contribution in [3.05, 3.63) is 29.8 Å². The van der Waals surface area contributed by atoms with Gasteiger partial charge in [-0.2, -0.15) is 8.42 Å². The van der Waals surface area contributed by atoms with Gasteiger partial charge in [0.15, 0.2) is 0 Å². The number of halogens is 1. The first-order valence-electron chi connectivity index (χ1n) is 4.62. The van der Waals surface area contributed by atoms with Gasteiger partial charge in [-0.05, 0) is 24.3 Å². The Labute approximate surface area is 99.0 Å². The Balaban J connectivity index is 2.93. The number of rotatable bonds is 5. The summed E-state index contributed by atoms with van der Waals surface area (Å²) in [5.41, 5.74) is 0.329. The molecule has 0 aliphatic rings. The van der Waals surface area contributed by atoms with E-state index in [1.807, 2.05) is 0 Å². The largest absolute Gasteiger partial charge is 0.497 e. The molecular formula is C10H12FNO4S. The summed E-state index contributed by atoms with van der Waals surface area (Å²) in [7, 11) is -2.22. The van der Waals surface area contributed by atoms with E-state index in [1.54, 1.807) is 24.3 Å². The fourth-order valence-corrected chi connectivity index (χ4v) is 1.28. The molecule has 0 saturated heterocycles. The van der Waals surface area contributed by atoms with Crippen LogP contribution >= 0.6 is 0 Å². The zero-order valence-corrected chi connectivity index (χ0v) is 10.2. The molecule has 0 aliphatic heterocycles. The van der Waals surface area contributed by atoms with Gasteiger partial charge in [0.05, 0.1) is 13.4 Å². The van der Waals surface area contributed by atoms with E-state index in [1.165, 1.54) is 7.11 Å². The Morgan fingerprint density at radius 2 is 1.94 bits per heavy atom. The van der Waals surface area contributed by atoms with E-state index in [2.05, 4.69) is 9.44 Å². The van der Waals surface area contributed by atoms with Crippen LogP contribution in [-0.4, -0.2) is 34.2 Å². The van der Waals surface area contributed by atoms with Crippen molar-refractivity contribution >= 4 is 15.8 Å². The smallest absolute Gasteiger partial charge is 0.325 e. The van der Waals surface area contributed by atoms with Crippen LogP contribution in [0.3, 0.4) is 0 Å². The monoisotopic (exact) mass is 261 g/mol. The van der Waals surface area contributed by atoms with Gasteiger partial charge in [0, 0.05) is 5.56 Å². The predicted molar refractivity (Wildman–Crippen MR) is 61.4 cm³/mol. The number of ether oxygens (including phenoxy) is 1. The van der Waals surface area contributed by atoms with Gasteiger partial charge in [0.2, 0.25) is 0 Å². The first-order chi connectivity index (χ1) is 7.96. The normalized spacial score (nSPS) is 12.3. The van der Waals surface area contributed by atoms with E-state index in [-0.39, 0.29) is 5.71 Å². The molecule has 1 aromatic rings. The van der Waals surface area contributed by atoms with Crippen molar-refractivity contribution in [3.63, 3.8) is 0 Å². The summed E-state index contributed by atoms with van der Waals surface area (Å²) >= 11 is 0. The molecule has 0 radical (unpaired) electrons. The lowest BCUT2D eigenvalue weighted by Crippen LogP contribution is -2.07. The predicted octanol–water partition coefficient (Wildman–Crippen LogP) is 1.35. The van der Waals surface area contributed by atoms with E-state index in [9.17, 15) is 12.8 Å². The van der Waals surface area contributed by atoms with Crippen LogP contribution in [0.25, 0.3) is 0 Å². The maximum absolute atomic E-state index is 12.7. The summed E-state index contributed by atoms with van der Waals surface area (Å²) in [6.45, 7) is -0.929. The highest BCUT2D eigenvalue weighted by molar-refractivity contribution is 7.85. The number of oxime groups is 1. The lowest BCUT2D eigenvalue weighted by molar-refractivity contribution is 0.340.